The van der Waals surface area contributed by atoms with Crippen LogP contribution in [0, 0.1) is 17.6 Å². The van der Waals surface area contributed by atoms with E-state index in [-0.39, 0.29) is 6.04 Å². The van der Waals surface area contributed by atoms with Crippen molar-refractivity contribution >= 4 is 0 Å². The molecule has 0 aliphatic heterocycles. The molecule has 0 saturated carbocycles. The molecule has 0 saturated heterocycles. The summed E-state index contributed by atoms with van der Waals surface area (Å²) in [4.78, 5) is 0. The Balaban J connectivity index is 2.50. The smallest absolute Gasteiger partial charge is 0.163 e. The van der Waals surface area contributed by atoms with Gasteiger partial charge in [-0.3, -0.25) is 0 Å². The van der Waals surface area contributed by atoms with Crippen molar-refractivity contribution in [2.24, 2.45) is 5.92 Å². The Morgan fingerprint density at radius 3 is 2.37 bits per heavy atom. The zero-order chi connectivity index (χ0) is 14.4. The van der Waals surface area contributed by atoms with Crippen molar-refractivity contribution in [2.45, 2.75) is 59.0 Å². The highest BCUT2D eigenvalue weighted by Crippen LogP contribution is 2.20. The molecule has 0 radical (unpaired) electrons. The summed E-state index contributed by atoms with van der Waals surface area (Å²) in [5.74, 6) is -0.805. The number of rotatable bonds is 7. The zero-order valence-corrected chi connectivity index (χ0v) is 12.3. The predicted molar refractivity (Wildman–Crippen MR) is 76.1 cm³/mol. The molecule has 0 amide bonds. The number of halogens is 2. The number of hydrogen-bond donors (Lipinski definition) is 1. The highest BCUT2D eigenvalue weighted by atomic mass is 19.2. The molecule has 108 valence electrons. The molecule has 1 aromatic carbocycles. The van der Waals surface area contributed by atoms with Crippen LogP contribution in [0.1, 0.15) is 58.6 Å². The largest absolute Gasteiger partial charge is 0.308 e. The maximum atomic E-state index is 13.6. The average molecular weight is 269 g/mol. The number of benzene rings is 1. The third-order valence-electron chi connectivity index (χ3n) is 3.40. The van der Waals surface area contributed by atoms with Gasteiger partial charge in [0.25, 0.3) is 0 Å². The van der Waals surface area contributed by atoms with Gasteiger partial charge < -0.3 is 5.32 Å². The Labute approximate surface area is 115 Å². The van der Waals surface area contributed by atoms with Crippen LogP contribution in [0.4, 0.5) is 8.78 Å². The van der Waals surface area contributed by atoms with E-state index in [1.807, 2.05) is 6.92 Å². The van der Waals surface area contributed by atoms with Gasteiger partial charge in [-0.25, -0.2) is 8.78 Å². The zero-order valence-electron chi connectivity index (χ0n) is 12.3. The Morgan fingerprint density at radius 1 is 1.05 bits per heavy atom. The van der Waals surface area contributed by atoms with Crippen molar-refractivity contribution in [2.75, 3.05) is 0 Å². The molecule has 0 aliphatic carbocycles. The van der Waals surface area contributed by atoms with Crippen molar-refractivity contribution in [3.05, 3.63) is 35.4 Å². The lowest BCUT2D eigenvalue weighted by molar-refractivity contribution is 0.409. The lowest BCUT2D eigenvalue weighted by Crippen LogP contribution is -2.29. The lowest BCUT2D eigenvalue weighted by Gasteiger charge is -2.21. The summed E-state index contributed by atoms with van der Waals surface area (Å²) in [7, 11) is 0. The standard InChI is InChI=1S/C16H25F2N/c1-11(2)7-5-8-12(3)19-13(4)14-9-6-10-15(17)16(14)18/h6,9-13,19H,5,7-8H2,1-4H3. The van der Waals surface area contributed by atoms with E-state index in [1.54, 1.807) is 12.1 Å². The van der Waals surface area contributed by atoms with E-state index in [9.17, 15) is 8.78 Å². The van der Waals surface area contributed by atoms with Gasteiger partial charge in [-0.1, -0.05) is 38.8 Å². The van der Waals surface area contributed by atoms with Gasteiger partial charge in [0.1, 0.15) is 0 Å². The first-order valence-electron chi connectivity index (χ1n) is 7.11. The summed E-state index contributed by atoms with van der Waals surface area (Å²) in [5, 5.41) is 3.33. The summed E-state index contributed by atoms with van der Waals surface area (Å²) >= 11 is 0. The molecule has 2 unspecified atom stereocenters. The van der Waals surface area contributed by atoms with Crippen molar-refractivity contribution < 1.29 is 8.78 Å². The first-order chi connectivity index (χ1) is 8.91. The summed E-state index contributed by atoms with van der Waals surface area (Å²) in [6.07, 6.45) is 3.42. The molecule has 3 heteroatoms. The third-order valence-corrected chi connectivity index (χ3v) is 3.40. The molecule has 0 heterocycles. The molecule has 1 rings (SSSR count). The topological polar surface area (TPSA) is 12.0 Å². The van der Waals surface area contributed by atoms with Crippen LogP contribution in [0.3, 0.4) is 0 Å². The second-order valence-corrected chi connectivity index (χ2v) is 5.76. The Morgan fingerprint density at radius 2 is 1.74 bits per heavy atom. The molecule has 1 N–H and O–H groups in total. The molecular weight excluding hydrogens is 244 g/mol. The van der Waals surface area contributed by atoms with Gasteiger partial charge in [-0.05, 0) is 32.3 Å². The van der Waals surface area contributed by atoms with Gasteiger partial charge in [0, 0.05) is 17.6 Å². The van der Waals surface area contributed by atoms with E-state index in [4.69, 9.17) is 0 Å². The van der Waals surface area contributed by atoms with E-state index in [2.05, 4.69) is 26.1 Å². The Kier molecular flexibility index (Phi) is 6.43. The van der Waals surface area contributed by atoms with Crippen LogP contribution in [0.15, 0.2) is 18.2 Å². The van der Waals surface area contributed by atoms with E-state index in [0.717, 1.165) is 18.9 Å². The van der Waals surface area contributed by atoms with Crippen LogP contribution in [-0.2, 0) is 0 Å². The first-order valence-corrected chi connectivity index (χ1v) is 7.11. The quantitative estimate of drug-likeness (QED) is 0.747. The fraction of sp³-hybridized carbons (Fsp3) is 0.625. The van der Waals surface area contributed by atoms with Crippen LogP contribution in [0.2, 0.25) is 0 Å². The van der Waals surface area contributed by atoms with Crippen LogP contribution in [0.5, 0.6) is 0 Å². The van der Waals surface area contributed by atoms with Crippen molar-refractivity contribution in [3.63, 3.8) is 0 Å². The fourth-order valence-electron chi connectivity index (χ4n) is 2.29. The molecule has 19 heavy (non-hydrogen) atoms. The predicted octanol–water partition coefficient (Wildman–Crippen LogP) is 4.83. The minimum atomic E-state index is -0.779. The molecule has 0 spiro atoms. The van der Waals surface area contributed by atoms with Crippen molar-refractivity contribution in [3.8, 4) is 0 Å². The summed E-state index contributed by atoms with van der Waals surface area (Å²) in [6.45, 7) is 8.39. The molecule has 0 bridgehead atoms. The van der Waals surface area contributed by atoms with Gasteiger partial charge in [0.05, 0.1) is 0 Å². The Hall–Kier alpha value is -0.960. The molecule has 1 nitrogen and oxygen atoms in total. The highest BCUT2D eigenvalue weighted by Gasteiger charge is 2.15. The minimum Gasteiger partial charge on any atom is -0.308 e. The van der Waals surface area contributed by atoms with E-state index in [0.29, 0.717) is 17.5 Å². The normalized spacial score (nSPS) is 14.7. The SMILES string of the molecule is CC(C)CCCC(C)NC(C)c1cccc(F)c1F. The number of hydrogen-bond acceptors (Lipinski definition) is 1. The summed E-state index contributed by atoms with van der Waals surface area (Å²) < 4.78 is 26.8. The van der Waals surface area contributed by atoms with Crippen molar-refractivity contribution in [1.29, 1.82) is 0 Å². The number of nitrogens with one attached hydrogen (secondary N) is 1. The van der Waals surface area contributed by atoms with E-state index >= 15 is 0 Å². The van der Waals surface area contributed by atoms with Crippen molar-refractivity contribution in [1.82, 2.24) is 5.32 Å². The van der Waals surface area contributed by atoms with Crippen LogP contribution in [0.25, 0.3) is 0 Å². The van der Waals surface area contributed by atoms with Crippen LogP contribution >= 0.6 is 0 Å². The molecule has 2 atom stereocenters. The van der Waals surface area contributed by atoms with Crippen LogP contribution in [-0.4, -0.2) is 6.04 Å². The van der Waals surface area contributed by atoms with Crippen LogP contribution < -0.4 is 5.32 Å². The molecule has 0 fully saturated rings. The minimum absolute atomic E-state index is 0.176. The summed E-state index contributed by atoms with van der Waals surface area (Å²) in [5.41, 5.74) is 0.399. The van der Waals surface area contributed by atoms with E-state index in [1.165, 1.54) is 6.42 Å². The van der Waals surface area contributed by atoms with Gasteiger partial charge in [0.2, 0.25) is 0 Å². The fourth-order valence-corrected chi connectivity index (χ4v) is 2.29. The second-order valence-electron chi connectivity index (χ2n) is 5.76. The van der Waals surface area contributed by atoms with Gasteiger partial charge in [0.15, 0.2) is 11.6 Å². The Bertz CT molecular complexity index is 390. The lowest BCUT2D eigenvalue weighted by atomic mass is 10.0. The molecule has 1 aromatic rings. The monoisotopic (exact) mass is 269 g/mol. The summed E-state index contributed by atoms with van der Waals surface area (Å²) in [6, 6.07) is 4.46. The van der Waals surface area contributed by atoms with Gasteiger partial charge in [-0.2, -0.15) is 0 Å². The maximum Gasteiger partial charge on any atom is 0.163 e. The highest BCUT2D eigenvalue weighted by molar-refractivity contribution is 5.22. The molecular formula is C16H25F2N. The van der Waals surface area contributed by atoms with Gasteiger partial charge >= 0.3 is 0 Å². The second kappa shape index (κ2) is 7.59. The molecule has 0 aromatic heterocycles. The molecule has 0 aliphatic rings. The maximum absolute atomic E-state index is 13.6. The van der Waals surface area contributed by atoms with E-state index < -0.39 is 11.6 Å². The average Bonchev–Trinajstić information content (AvgIpc) is 2.31. The third kappa shape index (κ3) is 5.27. The van der Waals surface area contributed by atoms with Gasteiger partial charge in [-0.15, -0.1) is 0 Å². The first kappa shape index (κ1) is 16.1.